The molecule has 17 heavy (non-hydrogen) atoms. The van der Waals surface area contributed by atoms with Crippen molar-refractivity contribution in [3.05, 3.63) is 47.4 Å². The normalized spacial score (nSPS) is 10.7. The zero-order valence-corrected chi connectivity index (χ0v) is 9.93. The third-order valence-corrected chi connectivity index (χ3v) is 2.15. The van der Waals surface area contributed by atoms with Crippen LogP contribution < -0.4 is 4.74 Å². The van der Waals surface area contributed by atoms with Crippen molar-refractivity contribution in [3.8, 4) is 11.6 Å². The van der Waals surface area contributed by atoms with Crippen LogP contribution in [0.25, 0.3) is 6.08 Å². The smallest absolute Gasteiger partial charge is 0.246 e. The molecule has 2 aromatic rings. The lowest BCUT2D eigenvalue weighted by molar-refractivity contribution is 0.456. The fourth-order valence-electron chi connectivity index (χ4n) is 1.32. The Morgan fingerprint density at radius 2 is 2.12 bits per heavy atom. The summed E-state index contributed by atoms with van der Waals surface area (Å²) in [4.78, 5) is 3.92. The van der Waals surface area contributed by atoms with Crippen molar-refractivity contribution in [1.29, 1.82) is 0 Å². The third-order valence-electron chi connectivity index (χ3n) is 1.99. The van der Waals surface area contributed by atoms with Gasteiger partial charge in [-0.05, 0) is 24.6 Å². The van der Waals surface area contributed by atoms with Crippen LogP contribution in [0.1, 0.15) is 12.5 Å². The van der Waals surface area contributed by atoms with Gasteiger partial charge in [-0.3, -0.25) is 0 Å². The molecule has 0 bridgehead atoms. The zero-order valence-electron chi connectivity index (χ0n) is 9.17. The molecular formula is C12H10ClN3O. The van der Waals surface area contributed by atoms with Crippen LogP contribution >= 0.6 is 11.6 Å². The molecule has 86 valence electrons. The highest BCUT2D eigenvalue weighted by atomic mass is 35.5. The van der Waals surface area contributed by atoms with Crippen molar-refractivity contribution in [1.82, 2.24) is 15.2 Å². The monoisotopic (exact) mass is 247 g/mol. The second kappa shape index (κ2) is 5.41. The van der Waals surface area contributed by atoms with Crippen molar-refractivity contribution < 1.29 is 4.74 Å². The van der Waals surface area contributed by atoms with E-state index in [9.17, 15) is 0 Å². The molecule has 0 saturated heterocycles. The Bertz CT molecular complexity index is 543. The summed E-state index contributed by atoms with van der Waals surface area (Å²) in [5.74, 6) is 1.02. The molecule has 0 amide bonds. The molecular weight excluding hydrogens is 238 g/mol. The maximum absolute atomic E-state index is 5.63. The van der Waals surface area contributed by atoms with Gasteiger partial charge in [0.15, 0.2) is 0 Å². The molecule has 5 heteroatoms. The molecule has 0 saturated carbocycles. The predicted molar refractivity (Wildman–Crippen MR) is 66.1 cm³/mol. The minimum atomic E-state index is 0.0611. The minimum Gasteiger partial charge on any atom is -0.437 e. The lowest BCUT2D eigenvalue weighted by Gasteiger charge is -2.06. The number of para-hydroxylation sites is 1. The van der Waals surface area contributed by atoms with E-state index in [1.54, 1.807) is 0 Å². The Kier molecular flexibility index (Phi) is 3.67. The highest BCUT2D eigenvalue weighted by Crippen LogP contribution is 2.24. The Labute approximate surface area is 104 Å². The molecule has 1 heterocycles. The molecule has 0 spiro atoms. The number of halogens is 1. The van der Waals surface area contributed by atoms with Gasteiger partial charge >= 0.3 is 0 Å². The first kappa shape index (κ1) is 11.5. The fraction of sp³-hybridized carbons (Fsp3) is 0.0833. The van der Waals surface area contributed by atoms with E-state index in [1.165, 1.54) is 6.20 Å². The van der Waals surface area contributed by atoms with Crippen molar-refractivity contribution in [2.45, 2.75) is 6.92 Å². The summed E-state index contributed by atoms with van der Waals surface area (Å²) in [5, 5.41) is 7.28. The van der Waals surface area contributed by atoms with Crippen LogP contribution in [0.5, 0.6) is 11.6 Å². The summed E-state index contributed by atoms with van der Waals surface area (Å²) < 4.78 is 5.59. The number of aromatic nitrogens is 3. The van der Waals surface area contributed by atoms with Gasteiger partial charge < -0.3 is 4.74 Å². The standard InChI is InChI=1S/C12H10ClN3O/c1-2-5-9-6-3-4-7-10(9)17-11-8-14-16-12(13)15-11/h2-8H,1H3. The van der Waals surface area contributed by atoms with Gasteiger partial charge in [-0.1, -0.05) is 30.4 Å². The maximum Gasteiger partial charge on any atom is 0.246 e. The zero-order chi connectivity index (χ0) is 12.1. The van der Waals surface area contributed by atoms with Crippen molar-refractivity contribution >= 4 is 17.7 Å². The molecule has 0 atom stereocenters. The highest BCUT2D eigenvalue weighted by molar-refractivity contribution is 6.28. The van der Waals surface area contributed by atoms with Crippen molar-refractivity contribution in [2.24, 2.45) is 0 Å². The Hall–Kier alpha value is -1.94. The van der Waals surface area contributed by atoms with Gasteiger partial charge in [-0.2, -0.15) is 10.1 Å². The SMILES string of the molecule is CC=Cc1ccccc1Oc1cnnc(Cl)n1. The van der Waals surface area contributed by atoms with Crippen LogP contribution in [-0.4, -0.2) is 15.2 Å². The molecule has 0 aliphatic carbocycles. The third kappa shape index (κ3) is 3.01. The number of nitrogens with zero attached hydrogens (tertiary/aromatic N) is 3. The second-order valence-corrected chi connectivity index (χ2v) is 3.54. The van der Waals surface area contributed by atoms with Gasteiger partial charge in [0.2, 0.25) is 11.2 Å². The lowest BCUT2D eigenvalue weighted by atomic mass is 10.2. The number of benzene rings is 1. The summed E-state index contributed by atoms with van der Waals surface area (Å²) >= 11 is 5.63. The predicted octanol–water partition coefficient (Wildman–Crippen LogP) is 3.35. The van der Waals surface area contributed by atoms with E-state index < -0.39 is 0 Å². The molecule has 2 rings (SSSR count). The first-order chi connectivity index (χ1) is 8.29. The molecule has 1 aromatic heterocycles. The molecule has 0 unspecified atom stereocenters. The first-order valence-corrected chi connectivity index (χ1v) is 5.42. The van der Waals surface area contributed by atoms with E-state index in [0.29, 0.717) is 11.6 Å². The van der Waals surface area contributed by atoms with Crippen LogP contribution in [0, 0.1) is 0 Å². The van der Waals surface area contributed by atoms with Crippen LogP contribution in [0.15, 0.2) is 36.5 Å². The molecule has 4 nitrogen and oxygen atoms in total. The maximum atomic E-state index is 5.63. The van der Waals surface area contributed by atoms with Crippen LogP contribution in [0.3, 0.4) is 0 Å². The number of hydrogen-bond donors (Lipinski definition) is 0. The average molecular weight is 248 g/mol. The molecule has 0 aliphatic heterocycles. The van der Waals surface area contributed by atoms with E-state index in [2.05, 4.69) is 15.2 Å². The summed E-state index contributed by atoms with van der Waals surface area (Å²) in [5.41, 5.74) is 0.963. The van der Waals surface area contributed by atoms with E-state index in [0.717, 1.165) is 5.56 Å². The van der Waals surface area contributed by atoms with Gasteiger partial charge in [-0.15, -0.1) is 5.10 Å². The van der Waals surface area contributed by atoms with Gasteiger partial charge in [0, 0.05) is 5.56 Å². The van der Waals surface area contributed by atoms with Crippen molar-refractivity contribution in [2.75, 3.05) is 0 Å². The van der Waals surface area contributed by atoms with E-state index in [1.807, 2.05) is 43.3 Å². The molecule has 0 fully saturated rings. The van der Waals surface area contributed by atoms with Crippen LogP contribution in [0.2, 0.25) is 5.28 Å². The Morgan fingerprint density at radius 1 is 1.29 bits per heavy atom. The summed E-state index contributed by atoms with van der Waals surface area (Å²) in [6, 6.07) is 7.63. The molecule has 0 radical (unpaired) electrons. The average Bonchev–Trinajstić information content (AvgIpc) is 2.32. The number of ether oxygens (including phenoxy) is 1. The van der Waals surface area contributed by atoms with E-state index in [4.69, 9.17) is 16.3 Å². The highest BCUT2D eigenvalue weighted by Gasteiger charge is 2.04. The minimum absolute atomic E-state index is 0.0611. The van der Waals surface area contributed by atoms with Crippen molar-refractivity contribution in [3.63, 3.8) is 0 Å². The summed E-state index contributed by atoms with van der Waals surface area (Å²) in [6.07, 6.45) is 5.30. The Morgan fingerprint density at radius 3 is 2.88 bits per heavy atom. The second-order valence-electron chi connectivity index (χ2n) is 3.20. The number of rotatable bonds is 3. The van der Waals surface area contributed by atoms with E-state index in [-0.39, 0.29) is 5.28 Å². The Balaban J connectivity index is 2.29. The first-order valence-electron chi connectivity index (χ1n) is 5.04. The molecule has 1 aromatic carbocycles. The largest absolute Gasteiger partial charge is 0.437 e. The topological polar surface area (TPSA) is 47.9 Å². The molecule has 0 N–H and O–H groups in total. The van der Waals surface area contributed by atoms with Crippen LogP contribution in [-0.2, 0) is 0 Å². The van der Waals surface area contributed by atoms with Gasteiger partial charge in [-0.25, -0.2) is 0 Å². The van der Waals surface area contributed by atoms with Crippen LogP contribution in [0.4, 0.5) is 0 Å². The lowest BCUT2D eigenvalue weighted by Crippen LogP contribution is -1.93. The van der Waals surface area contributed by atoms with Gasteiger partial charge in [0.25, 0.3) is 0 Å². The van der Waals surface area contributed by atoms with E-state index >= 15 is 0 Å². The number of allylic oxidation sites excluding steroid dienone is 1. The molecule has 0 aliphatic rings. The van der Waals surface area contributed by atoms with Gasteiger partial charge in [0.05, 0.1) is 0 Å². The summed E-state index contributed by atoms with van der Waals surface area (Å²) in [7, 11) is 0. The summed E-state index contributed by atoms with van der Waals surface area (Å²) in [6.45, 7) is 1.94. The number of hydrogen-bond acceptors (Lipinski definition) is 4. The quantitative estimate of drug-likeness (QED) is 0.835. The fourth-order valence-corrected chi connectivity index (χ4v) is 1.45. The van der Waals surface area contributed by atoms with Gasteiger partial charge in [0.1, 0.15) is 11.9 Å².